The largest absolute Gasteiger partial charge is 0.334 e. The average Bonchev–Trinajstić information content (AvgIpc) is 2.68. The molecule has 0 aliphatic carbocycles. The number of benzene rings is 2. The molecule has 0 unspecified atom stereocenters. The molecule has 5 nitrogen and oxygen atoms in total. The number of rotatable bonds is 6. The Kier molecular flexibility index (Phi) is 6.22. The molecule has 0 aliphatic heterocycles. The minimum atomic E-state index is -0.244. The summed E-state index contributed by atoms with van der Waals surface area (Å²) in [5.74, 6) is 0.964. The van der Waals surface area contributed by atoms with Crippen LogP contribution in [0.3, 0.4) is 0 Å². The van der Waals surface area contributed by atoms with Crippen LogP contribution in [0, 0.1) is 0 Å². The number of nitrogens with one attached hydrogen (secondary N) is 2. The van der Waals surface area contributed by atoms with Crippen LogP contribution in [0.4, 0.5) is 10.5 Å². The Hall–Kier alpha value is -2.86. The number of hydrogen-bond donors (Lipinski definition) is 2. The van der Waals surface area contributed by atoms with Crippen molar-refractivity contribution in [2.24, 2.45) is 0 Å². The van der Waals surface area contributed by atoms with Gasteiger partial charge in [-0.2, -0.15) is 0 Å². The van der Waals surface area contributed by atoms with Crippen LogP contribution in [0.5, 0.6) is 0 Å². The standard InChI is InChI=1S/C20H20N4OS/c1-2-26-19-12-11-18(23-24-19)16-9-6-10-17(13-16)22-20(25)21-14-15-7-4-3-5-8-15/h3-13H,2,14H2,1H3,(H2,21,22,25). The van der Waals surface area contributed by atoms with Gasteiger partial charge in [-0.15, -0.1) is 22.0 Å². The molecule has 0 atom stereocenters. The van der Waals surface area contributed by atoms with E-state index in [1.54, 1.807) is 11.8 Å². The molecule has 0 saturated heterocycles. The van der Waals surface area contributed by atoms with Crippen LogP contribution in [0.1, 0.15) is 12.5 Å². The first kappa shape index (κ1) is 17.9. The number of anilines is 1. The van der Waals surface area contributed by atoms with Crippen LogP contribution in [0.2, 0.25) is 0 Å². The number of aromatic nitrogens is 2. The smallest absolute Gasteiger partial charge is 0.319 e. The fourth-order valence-electron chi connectivity index (χ4n) is 2.41. The molecule has 0 radical (unpaired) electrons. The van der Waals surface area contributed by atoms with E-state index in [9.17, 15) is 4.79 Å². The maximum absolute atomic E-state index is 12.1. The lowest BCUT2D eigenvalue weighted by atomic mass is 10.1. The third kappa shape index (κ3) is 5.07. The molecule has 0 bridgehead atoms. The van der Waals surface area contributed by atoms with Gasteiger partial charge in [0.2, 0.25) is 0 Å². The summed E-state index contributed by atoms with van der Waals surface area (Å²) in [6.45, 7) is 2.56. The Morgan fingerprint density at radius 2 is 1.85 bits per heavy atom. The number of hydrogen-bond acceptors (Lipinski definition) is 4. The predicted molar refractivity (Wildman–Crippen MR) is 106 cm³/mol. The first-order chi connectivity index (χ1) is 12.7. The number of amides is 2. The van der Waals surface area contributed by atoms with Crippen molar-refractivity contribution in [3.05, 3.63) is 72.3 Å². The molecular weight excluding hydrogens is 344 g/mol. The molecule has 3 rings (SSSR count). The zero-order valence-electron chi connectivity index (χ0n) is 14.5. The number of urea groups is 1. The molecule has 2 amide bonds. The molecule has 6 heteroatoms. The topological polar surface area (TPSA) is 66.9 Å². The number of carbonyl (C=O) groups is 1. The van der Waals surface area contributed by atoms with Gasteiger partial charge >= 0.3 is 6.03 Å². The molecule has 26 heavy (non-hydrogen) atoms. The van der Waals surface area contributed by atoms with Crippen LogP contribution in [0.25, 0.3) is 11.3 Å². The van der Waals surface area contributed by atoms with Gasteiger partial charge in [-0.05, 0) is 35.6 Å². The highest BCUT2D eigenvalue weighted by Gasteiger charge is 2.05. The summed E-state index contributed by atoms with van der Waals surface area (Å²) in [5, 5.41) is 15.1. The summed E-state index contributed by atoms with van der Waals surface area (Å²) in [6, 6.07) is 21.0. The van der Waals surface area contributed by atoms with Crippen molar-refractivity contribution in [3.63, 3.8) is 0 Å². The van der Waals surface area contributed by atoms with Crippen LogP contribution in [-0.2, 0) is 6.54 Å². The summed E-state index contributed by atoms with van der Waals surface area (Å²) < 4.78 is 0. The lowest BCUT2D eigenvalue weighted by Crippen LogP contribution is -2.28. The Labute approximate surface area is 157 Å². The molecule has 1 aromatic heterocycles. The molecule has 0 spiro atoms. The van der Waals surface area contributed by atoms with Crippen molar-refractivity contribution < 1.29 is 4.79 Å². The van der Waals surface area contributed by atoms with Gasteiger partial charge in [-0.3, -0.25) is 0 Å². The van der Waals surface area contributed by atoms with Crippen LogP contribution in [0.15, 0.2) is 71.8 Å². The summed E-state index contributed by atoms with van der Waals surface area (Å²) in [5.41, 5.74) is 3.45. The van der Waals surface area contributed by atoms with E-state index in [0.717, 1.165) is 27.6 Å². The molecule has 0 aliphatic rings. The number of nitrogens with zero attached hydrogens (tertiary/aromatic N) is 2. The van der Waals surface area contributed by atoms with Gasteiger partial charge < -0.3 is 10.6 Å². The van der Waals surface area contributed by atoms with Gasteiger partial charge in [0.15, 0.2) is 0 Å². The fourth-order valence-corrected chi connectivity index (χ4v) is 2.97. The lowest BCUT2D eigenvalue weighted by Gasteiger charge is -2.09. The van der Waals surface area contributed by atoms with E-state index in [0.29, 0.717) is 12.2 Å². The molecule has 132 valence electrons. The van der Waals surface area contributed by atoms with Gasteiger partial charge in [0.05, 0.1) is 5.69 Å². The molecule has 2 N–H and O–H groups in total. The van der Waals surface area contributed by atoms with E-state index in [-0.39, 0.29) is 6.03 Å². The summed E-state index contributed by atoms with van der Waals surface area (Å²) in [6.07, 6.45) is 0. The quantitative estimate of drug-likeness (QED) is 0.629. The van der Waals surface area contributed by atoms with Gasteiger partial charge in [-0.1, -0.05) is 49.4 Å². The minimum Gasteiger partial charge on any atom is -0.334 e. The van der Waals surface area contributed by atoms with Gasteiger partial charge in [0, 0.05) is 17.8 Å². The van der Waals surface area contributed by atoms with E-state index >= 15 is 0 Å². The highest BCUT2D eigenvalue weighted by atomic mass is 32.2. The van der Waals surface area contributed by atoms with Gasteiger partial charge in [0.25, 0.3) is 0 Å². The molecule has 3 aromatic rings. The third-order valence-electron chi connectivity index (χ3n) is 3.64. The Bertz CT molecular complexity index is 853. The van der Waals surface area contributed by atoms with Gasteiger partial charge in [-0.25, -0.2) is 4.79 Å². The Morgan fingerprint density at radius 3 is 2.58 bits per heavy atom. The second-order valence-corrected chi connectivity index (χ2v) is 6.85. The second-order valence-electron chi connectivity index (χ2n) is 5.56. The van der Waals surface area contributed by atoms with E-state index in [1.165, 1.54) is 0 Å². The van der Waals surface area contributed by atoms with Crippen LogP contribution < -0.4 is 10.6 Å². The van der Waals surface area contributed by atoms with Crippen molar-refractivity contribution in [1.29, 1.82) is 0 Å². The summed E-state index contributed by atoms with van der Waals surface area (Å²) >= 11 is 1.66. The van der Waals surface area contributed by atoms with Crippen molar-refractivity contribution >= 4 is 23.5 Å². The zero-order valence-corrected chi connectivity index (χ0v) is 15.3. The van der Waals surface area contributed by atoms with E-state index in [2.05, 4.69) is 27.8 Å². The predicted octanol–water partition coefficient (Wildman–Crippen LogP) is 4.58. The molecular formula is C20H20N4OS. The fraction of sp³-hybridized carbons (Fsp3) is 0.150. The summed E-state index contributed by atoms with van der Waals surface area (Å²) in [4.78, 5) is 12.1. The summed E-state index contributed by atoms with van der Waals surface area (Å²) in [7, 11) is 0. The average molecular weight is 364 g/mol. The first-order valence-corrected chi connectivity index (χ1v) is 9.39. The van der Waals surface area contributed by atoms with Gasteiger partial charge in [0.1, 0.15) is 5.03 Å². The molecule has 0 saturated carbocycles. The van der Waals surface area contributed by atoms with Crippen LogP contribution in [-0.4, -0.2) is 22.0 Å². The molecule has 0 fully saturated rings. The van der Waals surface area contributed by atoms with Crippen molar-refractivity contribution in [2.45, 2.75) is 18.5 Å². The maximum atomic E-state index is 12.1. The van der Waals surface area contributed by atoms with E-state index < -0.39 is 0 Å². The van der Waals surface area contributed by atoms with E-state index in [4.69, 9.17) is 0 Å². The normalized spacial score (nSPS) is 10.3. The first-order valence-electron chi connectivity index (χ1n) is 8.40. The number of thioether (sulfide) groups is 1. The Balaban J connectivity index is 1.62. The Morgan fingerprint density at radius 1 is 1.00 bits per heavy atom. The van der Waals surface area contributed by atoms with Crippen molar-refractivity contribution in [2.75, 3.05) is 11.1 Å². The molecule has 2 aromatic carbocycles. The van der Waals surface area contributed by atoms with Crippen molar-refractivity contribution in [3.8, 4) is 11.3 Å². The number of carbonyl (C=O) groups excluding carboxylic acids is 1. The monoisotopic (exact) mass is 364 g/mol. The zero-order chi connectivity index (χ0) is 18.2. The van der Waals surface area contributed by atoms with E-state index in [1.807, 2.05) is 66.7 Å². The maximum Gasteiger partial charge on any atom is 0.319 e. The molecule has 1 heterocycles. The highest BCUT2D eigenvalue weighted by Crippen LogP contribution is 2.22. The second kappa shape index (κ2) is 9.01. The van der Waals surface area contributed by atoms with Crippen molar-refractivity contribution in [1.82, 2.24) is 15.5 Å². The highest BCUT2D eigenvalue weighted by molar-refractivity contribution is 7.99. The lowest BCUT2D eigenvalue weighted by molar-refractivity contribution is 0.251. The third-order valence-corrected chi connectivity index (χ3v) is 4.45. The van der Waals surface area contributed by atoms with Crippen LogP contribution >= 0.6 is 11.8 Å². The SMILES string of the molecule is CCSc1ccc(-c2cccc(NC(=O)NCc3ccccc3)c2)nn1. The minimum absolute atomic E-state index is 0.244.